The first-order valence-corrected chi connectivity index (χ1v) is 11.2. The highest BCUT2D eigenvalue weighted by Crippen LogP contribution is 2.33. The standard InChI is InChI=1S/C24H24Cl3N3O2/c1-24(2,16-9-17(25)11-18(26)10-16)23(32)30-14-15-13-29-22(28-7-8-31)12-20(15)19-5-3-4-6-21(19)27/h3-6,9-13,31H,7-8,14H2,1-2H3,(H,28,29)(H,30,32). The molecule has 0 saturated heterocycles. The largest absolute Gasteiger partial charge is 0.395 e. The van der Waals surface area contributed by atoms with Crippen LogP contribution >= 0.6 is 34.8 Å². The van der Waals surface area contributed by atoms with Crippen LogP contribution in [0.2, 0.25) is 15.1 Å². The number of amides is 1. The number of aliphatic hydroxyl groups excluding tert-OH is 1. The quantitative estimate of drug-likeness (QED) is 0.377. The Morgan fingerprint density at radius 3 is 2.38 bits per heavy atom. The summed E-state index contributed by atoms with van der Waals surface area (Å²) in [5.41, 5.74) is 2.35. The SMILES string of the molecule is CC(C)(C(=O)NCc1cnc(NCCO)cc1-c1ccccc1Cl)c1cc(Cl)cc(Cl)c1. The van der Waals surface area contributed by atoms with E-state index in [4.69, 9.17) is 39.9 Å². The lowest BCUT2D eigenvalue weighted by molar-refractivity contribution is -0.125. The molecule has 0 radical (unpaired) electrons. The molecule has 3 aromatic rings. The lowest BCUT2D eigenvalue weighted by Crippen LogP contribution is -2.39. The molecule has 0 aliphatic carbocycles. The highest BCUT2D eigenvalue weighted by atomic mass is 35.5. The maximum Gasteiger partial charge on any atom is 0.230 e. The van der Waals surface area contributed by atoms with Crippen molar-refractivity contribution in [1.82, 2.24) is 10.3 Å². The molecule has 3 N–H and O–H groups in total. The molecule has 3 rings (SSSR count). The van der Waals surface area contributed by atoms with Gasteiger partial charge < -0.3 is 15.7 Å². The lowest BCUT2D eigenvalue weighted by Gasteiger charge is -2.25. The lowest BCUT2D eigenvalue weighted by atomic mass is 9.83. The molecular weight excluding hydrogens is 469 g/mol. The van der Waals surface area contributed by atoms with Crippen LogP contribution in [0.1, 0.15) is 25.0 Å². The van der Waals surface area contributed by atoms with E-state index in [9.17, 15) is 4.79 Å². The van der Waals surface area contributed by atoms with Crippen molar-refractivity contribution >= 4 is 46.5 Å². The molecule has 5 nitrogen and oxygen atoms in total. The van der Waals surface area contributed by atoms with Crippen LogP contribution in [-0.2, 0) is 16.8 Å². The van der Waals surface area contributed by atoms with Gasteiger partial charge in [-0.1, -0.05) is 53.0 Å². The van der Waals surface area contributed by atoms with E-state index < -0.39 is 5.41 Å². The molecular formula is C24H24Cl3N3O2. The van der Waals surface area contributed by atoms with Gasteiger partial charge in [-0.25, -0.2) is 4.98 Å². The number of aliphatic hydroxyl groups is 1. The fourth-order valence-corrected chi connectivity index (χ4v) is 4.04. The molecule has 1 amide bonds. The van der Waals surface area contributed by atoms with Gasteiger partial charge in [-0.3, -0.25) is 4.79 Å². The third-order valence-electron chi connectivity index (χ3n) is 5.16. The maximum atomic E-state index is 13.1. The van der Waals surface area contributed by atoms with E-state index >= 15 is 0 Å². The fraction of sp³-hybridized carbons (Fsp3) is 0.250. The van der Waals surface area contributed by atoms with Crippen molar-refractivity contribution in [3.8, 4) is 11.1 Å². The average Bonchev–Trinajstić information content (AvgIpc) is 2.76. The first-order valence-electron chi connectivity index (χ1n) is 10.1. The predicted molar refractivity (Wildman–Crippen MR) is 132 cm³/mol. The van der Waals surface area contributed by atoms with E-state index in [1.165, 1.54) is 0 Å². The maximum absolute atomic E-state index is 13.1. The van der Waals surface area contributed by atoms with Crippen molar-refractivity contribution in [2.75, 3.05) is 18.5 Å². The monoisotopic (exact) mass is 491 g/mol. The molecule has 0 fully saturated rings. The van der Waals surface area contributed by atoms with Gasteiger partial charge in [0.25, 0.3) is 0 Å². The van der Waals surface area contributed by atoms with Gasteiger partial charge in [0.1, 0.15) is 5.82 Å². The van der Waals surface area contributed by atoms with E-state index in [2.05, 4.69) is 15.6 Å². The Kier molecular flexibility index (Phi) is 8.01. The van der Waals surface area contributed by atoms with Crippen molar-refractivity contribution in [3.63, 3.8) is 0 Å². The molecule has 1 aromatic heterocycles. The molecule has 0 aliphatic heterocycles. The van der Waals surface area contributed by atoms with Crippen molar-refractivity contribution in [1.29, 1.82) is 0 Å². The van der Waals surface area contributed by atoms with Gasteiger partial charge in [0.05, 0.1) is 12.0 Å². The Morgan fingerprint density at radius 1 is 1.03 bits per heavy atom. The highest BCUT2D eigenvalue weighted by Gasteiger charge is 2.30. The molecule has 0 aliphatic rings. The van der Waals surface area contributed by atoms with Crippen LogP contribution in [0.25, 0.3) is 11.1 Å². The molecule has 32 heavy (non-hydrogen) atoms. The Balaban J connectivity index is 1.88. The first kappa shape index (κ1) is 24.3. The van der Waals surface area contributed by atoms with Gasteiger partial charge in [0.15, 0.2) is 0 Å². The number of hydrogen-bond donors (Lipinski definition) is 3. The zero-order valence-corrected chi connectivity index (χ0v) is 20.0. The van der Waals surface area contributed by atoms with Crippen LogP contribution < -0.4 is 10.6 Å². The Labute approximate surface area is 202 Å². The number of carbonyl (C=O) groups excluding carboxylic acids is 1. The summed E-state index contributed by atoms with van der Waals surface area (Å²) >= 11 is 18.7. The second-order valence-corrected chi connectivity index (χ2v) is 9.10. The number of nitrogens with one attached hydrogen (secondary N) is 2. The van der Waals surface area contributed by atoms with Crippen LogP contribution in [0.4, 0.5) is 5.82 Å². The topological polar surface area (TPSA) is 74.2 Å². The number of aromatic nitrogens is 1. The van der Waals surface area contributed by atoms with Gasteiger partial charge in [-0.15, -0.1) is 0 Å². The van der Waals surface area contributed by atoms with Crippen molar-refractivity contribution in [2.45, 2.75) is 25.8 Å². The average molecular weight is 493 g/mol. The molecule has 8 heteroatoms. The first-order chi connectivity index (χ1) is 15.2. The smallest absolute Gasteiger partial charge is 0.230 e. The predicted octanol–water partition coefficient (Wildman–Crippen LogP) is 5.71. The van der Waals surface area contributed by atoms with E-state index in [0.717, 1.165) is 22.3 Å². The van der Waals surface area contributed by atoms with E-state index in [-0.39, 0.29) is 19.1 Å². The van der Waals surface area contributed by atoms with Gasteiger partial charge in [-0.2, -0.15) is 0 Å². The third-order valence-corrected chi connectivity index (χ3v) is 5.93. The molecule has 0 saturated carbocycles. The number of halogens is 3. The van der Waals surface area contributed by atoms with E-state index in [0.29, 0.717) is 27.4 Å². The zero-order valence-electron chi connectivity index (χ0n) is 17.8. The van der Waals surface area contributed by atoms with Crippen LogP contribution in [0.15, 0.2) is 54.7 Å². The third kappa shape index (κ3) is 5.73. The minimum absolute atomic E-state index is 0.0104. The molecule has 1 heterocycles. The number of anilines is 1. The highest BCUT2D eigenvalue weighted by molar-refractivity contribution is 6.34. The second kappa shape index (κ2) is 10.5. The van der Waals surface area contributed by atoms with E-state index in [1.54, 1.807) is 24.4 Å². The number of benzene rings is 2. The fourth-order valence-electron chi connectivity index (χ4n) is 3.28. The van der Waals surface area contributed by atoms with Crippen LogP contribution in [0.3, 0.4) is 0 Å². The van der Waals surface area contributed by atoms with Gasteiger partial charge in [0, 0.05) is 39.9 Å². The zero-order chi connectivity index (χ0) is 23.3. The van der Waals surface area contributed by atoms with Crippen LogP contribution in [0, 0.1) is 0 Å². The van der Waals surface area contributed by atoms with Gasteiger partial charge in [-0.05, 0) is 60.9 Å². The molecule has 0 spiro atoms. The summed E-state index contributed by atoms with van der Waals surface area (Å²) in [5.74, 6) is 0.432. The number of carbonyl (C=O) groups is 1. The van der Waals surface area contributed by atoms with Gasteiger partial charge >= 0.3 is 0 Å². The van der Waals surface area contributed by atoms with Crippen molar-refractivity contribution < 1.29 is 9.90 Å². The molecule has 0 unspecified atom stereocenters. The van der Waals surface area contributed by atoms with Crippen molar-refractivity contribution in [3.05, 3.63) is 80.9 Å². The minimum Gasteiger partial charge on any atom is -0.395 e. The second-order valence-electron chi connectivity index (χ2n) is 7.82. The summed E-state index contributed by atoms with van der Waals surface area (Å²) in [6, 6.07) is 14.5. The minimum atomic E-state index is -0.852. The summed E-state index contributed by atoms with van der Waals surface area (Å²) in [4.78, 5) is 17.5. The van der Waals surface area contributed by atoms with Crippen molar-refractivity contribution in [2.24, 2.45) is 0 Å². The molecule has 2 aromatic carbocycles. The van der Waals surface area contributed by atoms with Crippen LogP contribution in [-0.4, -0.2) is 29.1 Å². The Bertz CT molecular complexity index is 1100. The normalized spacial score (nSPS) is 11.3. The Morgan fingerprint density at radius 2 is 1.72 bits per heavy atom. The molecule has 168 valence electrons. The Hall–Kier alpha value is -2.31. The number of pyridine rings is 1. The van der Waals surface area contributed by atoms with E-state index in [1.807, 2.05) is 44.2 Å². The summed E-state index contributed by atoms with van der Waals surface area (Å²) in [6.45, 7) is 4.26. The molecule has 0 atom stereocenters. The molecule has 0 bridgehead atoms. The number of nitrogens with zero attached hydrogens (tertiary/aromatic N) is 1. The number of hydrogen-bond acceptors (Lipinski definition) is 4. The summed E-state index contributed by atoms with van der Waals surface area (Å²) in [6.07, 6.45) is 1.70. The van der Waals surface area contributed by atoms with Gasteiger partial charge in [0.2, 0.25) is 5.91 Å². The summed E-state index contributed by atoms with van der Waals surface area (Å²) in [7, 11) is 0. The summed E-state index contributed by atoms with van der Waals surface area (Å²) in [5, 5.41) is 16.7. The summed E-state index contributed by atoms with van der Waals surface area (Å²) < 4.78 is 0. The number of rotatable bonds is 8. The van der Waals surface area contributed by atoms with Crippen LogP contribution in [0.5, 0.6) is 0 Å².